The largest absolute Gasteiger partial charge is 0.415 e. The van der Waals surface area contributed by atoms with Gasteiger partial charge < -0.3 is 9.64 Å². The summed E-state index contributed by atoms with van der Waals surface area (Å²) < 4.78 is 6.68. The number of carbonyl (C=O) groups excluding carboxylic acids is 1. The van der Waals surface area contributed by atoms with Crippen LogP contribution in [0.2, 0.25) is 0 Å². The molecule has 0 N–H and O–H groups in total. The van der Waals surface area contributed by atoms with E-state index in [-0.39, 0.29) is 6.54 Å². The van der Waals surface area contributed by atoms with E-state index in [2.05, 4.69) is 15.5 Å². The maximum absolute atomic E-state index is 11.8. The number of tetrazole rings is 1. The summed E-state index contributed by atoms with van der Waals surface area (Å²) >= 11 is 0. The maximum atomic E-state index is 11.8. The Labute approximate surface area is 104 Å². The molecule has 0 fully saturated rings. The van der Waals surface area contributed by atoms with Gasteiger partial charge in [-0.05, 0) is 22.6 Å². The highest BCUT2D eigenvalue weighted by atomic mass is 16.6. The highest BCUT2D eigenvalue weighted by Crippen LogP contribution is 2.10. The van der Waals surface area contributed by atoms with Crippen LogP contribution in [0, 0.1) is 0 Å². The summed E-state index contributed by atoms with van der Waals surface area (Å²) in [7, 11) is 3.34. The molecule has 0 aliphatic heterocycles. The second-order valence-electron chi connectivity index (χ2n) is 3.76. The molecule has 0 saturated heterocycles. The van der Waals surface area contributed by atoms with E-state index in [4.69, 9.17) is 4.74 Å². The Morgan fingerprint density at radius 1 is 1.39 bits per heavy atom. The van der Waals surface area contributed by atoms with E-state index in [1.165, 1.54) is 9.58 Å². The van der Waals surface area contributed by atoms with E-state index in [0.29, 0.717) is 11.6 Å². The van der Waals surface area contributed by atoms with E-state index >= 15 is 0 Å². The van der Waals surface area contributed by atoms with Crippen LogP contribution in [0.5, 0.6) is 5.75 Å². The quantitative estimate of drug-likeness (QED) is 0.803. The molecule has 0 atom stereocenters. The number of aryl methyl sites for hydroxylation is 1. The van der Waals surface area contributed by atoms with Crippen molar-refractivity contribution < 1.29 is 9.53 Å². The average Bonchev–Trinajstić information content (AvgIpc) is 2.76. The van der Waals surface area contributed by atoms with Gasteiger partial charge >= 0.3 is 6.09 Å². The first-order valence-electron chi connectivity index (χ1n) is 5.36. The lowest BCUT2D eigenvalue weighted by atomic mass is 10.3. The SMILES string of the molecule is CN(Cc1nnnn1C)C(=O)Oc1ccccc1. The molecular formula is C11H13N5O2. The molecule has 1 aromatic carbocycles. The smallest absolute Gasteiger partial charge is 0.410 e. The summed E-state index contributed by atoms with van der Waals surface area (Å²) in [6, 6.07) is 8.89. The third-order valence-electron chi connectivity index (χ3n) is 2.35. The van der Waals surface area contributed by atoms with Gasteiger partial charge in [0.15, 0.2) is 5.82 Å². The minimum absolute atomic E-state index is 0.287. The molecule has 1 heterocycles. The lowest BCUT2D eigenvalue weighted by molar-refractivity contribution is 0.159. The van der Waals surface area contributed by atoms with Gasteiger partial charge in [0.05, 0.1) is 6.54 Å². The second-order valence-corrected chi connectivity index (χ2v) is 3.76. The van der Waals surface area contributed by atoms with Gasteiger partial charge in [0.2, 0.25) is 0 Å². The molecule has 1 amide bonds. The number of amides is 1. The number of rotatable bonds is 3. The van der Waals surface area contributed by atoms with Crippen molar-refractivity contribution in [2.45, 2.75) is 6.54 Å². The van der Waals surface area contributed by atoms with Gasteiger partial charge in [-0.2, -0.15) is 0 Å². The molecule has 2 rings (SSSR count). The Hall–Kier alpha value is -2.44. The average molecular weight is 247 g/mol. The molecule has 7 nitrogen and oxygen atoms in total. The summed E-state index contributed by atoms with van der Waals surface area (Å²) in [5, 5.41) is 11.0. The van der Waals surface area contributed by atoms with Crippen molar-refractivity contribution in [3.05, 3.63) is 36.2 Å². The zero-order chi connectivity index (χ0) is 13.0. The maximum Gasteiger partial charge on any atom is 0.415 e. The molecule has 0 spiro atoms. The number of hydrogen-bond donors (Lipinski definition) is 0. The van der Waals surface area contributed by atoms with Gasteiger partial charge in [-0.3, -0.25) is 0 Å². The monoisotopic (exact) mass is 247 g/mol. The lowest BCUT2D eigenvalue weighted by Gasteiger charge is -2.15. The minimum Gasteiger partial charge on any atom is -0.410 e. The normalized spacial score (nSPS) is 10.1. The number of ether oxygens (including phenoxy) is 1. The summed E-state index contributed by atoms with van der Waals surface area (Å²) in [6.07, 6.45) is -0.454. The molecular weight excluding hydrogens is 234 g/mol. The van der Waals surface area contributed by atoms with Crippen molar-refractivity contribution in [1.29, 1.82) is 0 Å². The van der Waals surface area contributed by atoms with E-state index < -0.39 is 6.09 Å². The van der Waals surface area contributed by atoms with Crippen LogP contribution in [0.25, 0.3) is 0 Å². The van der Waals surface area contributed by atoms with Crippen LogP contribution in [-0.4, -0.2) is 38.2 Å². The predicted molar refractivity (Wildman–Crippen MR) is 62.7 cm³/mol. The number of hydrogen-bond acceptors (Lipinski definition) is 5. The Kier molecular flexibility index (Phi) is 3.52. The van der Waals surface area contributed by atoms with Crippen molar-refractivity contribution in [3.8, 4) is 5.75 Å². The van der Waals surface area contributed by atoms with Gasteiger partial charge in [-0.25, -0.2) is 9.48 Å². The van der Waals surface area contributed by atoms with E-state index in [1.807, 2.05) is 6.07 Å². The van der Waals surface area contributed by atoms with E-state index in [0.717, 1.165) is 0 Å². The van der Waals surface area contributed by atoms with Gasteiger partial charge in [-0.15, -0.1) is 5.10 Å². The van der Waals surface area contributed by atoms with Crippen LogP contribution in [-0.2, 0) is 13.6 Å². The molecule has 94 valence electrons. The Bertz CT molecular complexity index is 525. The first kappa shape index (κ1) is 12.0. The molecule has 0 bridgehead atoms. The number of aromatic nitrogens is 4. The van der Waals surface area contributed by atoms with Crippen LogP contribution < -0.4 is 4.74 Å². The van der Waals surface area contributed by atoms with Crippen molar-refractivity contribution in [2.24, 2.45) is 7.05 Å². The van der Waals surface area contributed by atoms with Crippen molar-refractivity contribution >= 4 is 6.09 Å². The van der Waals surface area contributed by atoms with Gasteiger partial charge in [-0.1, -0.05) is 18.2 Å². The van der Waals surface area contributed by atoms with Gasteiger partial charge in [0.1, 0.15) is 5.75 Å². The van der Waals surface area contributed by atoms with E-state index in [9.17, 15) is 4.79 Å². The molecule has 2 aromatic rings. The van der Waals surface area contributed by atoms with Crippen LogP contribution >= 0.6 is 0 Å². The molecule has 0 radical (unpaired) electrons. The lowest BCUT2D eigenvalue weighted by Crippen LogP contribution is -2.30. The predicted octanol–water partition coefficient (Wildman–Crippen LogP) is 0.841. The minimum atomic E-state index is -0.454. The van der Waals surface area contributed by atoms with Gasteiger partial charge in [0.25, 0.3) is 0 Å². The molecule has 0 unspecified atom stereocenters. The zero-order valence-corrected chi connectivity index (χ0v) is 10.1. The number of benzene rings is 1. The number of para-hydroxylation sites is 1. The standard InChI is InChI=1S/C11H13N5O2/c1-15(8-10-12-13-14-16(10)2)11(17)18-9-6-4-3-5-7-9/h3-7H,8H2,1-2H3. The topological polar surface area (TPSA) is 73.1 Å². The Balaban J connectivity index is 1.95. The zero-order valence-electron chi connectivity index (χ0n) is 10.1. The first-order chi connectivity index (χ1) is 8.66. The number of carbonyl (C=O) groups is 1. The first-order valence-corrected chi connectivity index (χ1v) is 5.36. The summed E-state index contributed by atoms with van der Waals surface area (Å²) in [5.41, 5.74) is 0. The summed E-state index contributed by atoms with van der Waals surface area (Å²) in [6.45, 7) is 0.287. The fourth-order valence-electron chi connectivity index (χ4n) is 1.33. The van der Waals surface area contributed by atoms with Crippen molar-refractivity contribution in [1.82, 2.24) is 25.1 Å². The molecule has 0 saturated carbocycles. The van der Waals surface area contributed by atoms with Gasteiger partial charge in [0, 0.05) is 14.1 Å². The molecule has 18 heavy (non-hydrogen) atoms. The van der Waals surface area contributed by atoms with Crippen LogP contribution in [0.4, 0.5) is 4.79 Å². The number of nitrogens with zero attached hydrogens (tertiary/aromatic N) is 5. The van der Waals surface area contributed by atoms with Crippen LogP contribution in [0.3, 0.4) is 0 Å². The second kappa shape index (κ2) is 5.26. The summed E-state index contributed by atoms with van der Waals surface area (Å²) in [5.74, 6) is 1.09. The Morgan fingerprint density at radius 3 is 2.72 bits per heavy atom. The van der Waals surface area contributed by atoms with Crippen molar-refractivity contribution in [3.63, 3.8) is 0 Å². The third kappa shape index (κ3) is 2.82. The molecule has 7 heteroatoms. The third-order valence-corrected chi connectivity index (χ3v) is 2.35. The molecule has 0 aliphatic rings. The molecule has 0 aliphatic carbocycles. The van der Waals surface area contributed by atoms with Crippen molar-refractivity contribution in [2.75, 3.05) is 7.05 Å². The fraction of sp³-hybridized carbons (Fsp3) is 0.273. The Morgan fingerprint density at radius 2 is 2.11 bits per heavy atom. The van der Waals surface area contributed by atoms with Crippen LogP contribution in [0.15, 0.2) is 30.3 Å². The highest BCUT2D eigenvalue weighted by molar-refractivity contribution is 5.70. The van der Waals surface area contributed by atoms with Crippen LogP contribution in [0.1, 0.15) is 5.82 Å². The molecule has 1 aromatic heterocycles. The fourth-order valence-corrected chi connectivity index (χ4v) is 1.33. The van der Waals surface area contributed by atoms with E-state index in [1.54, 1.807) is 38.4 Å². The highest BCUT2D eigenvalue weighted by Gasteiger charge is 2.14. The summed E-state index contributed by atoms with van der Waals surface area (Å²) in [4.78, 5) is 13.2.